The zero-order valence-corrected chi connectivity index (χ0v) is 14.6. The van der Waals surface area contributed by atoms with Crippen LogP contribution in [0.25, 0.3) is 21.3 Å². The molecule has 0 aliphatic carbocycles. The number of aryl methyl sites for hydroxylation is 1. The van der Waals surface area contributed by atoms with Crippen molar-refractivity contribution in [3.63, 3.8) is 0 Å². The van der Waals surface area contributed by atoms with Gasteiger partial charge in [-0.2, -0.15) is 0 Å². The fraction of sp³-hybridized carbons (Fsp3) is 0.333. The molecule has 1 aliphatic rings. The smallest absolute Gasteiger partial charge is 0.141 e. The standard InChI is InChI=1S/C18H18ClN3S/c1-12-15(13-5-7-14(19)8-6-13)16-17(20-11-21-18(16)23-12)22-9-3-2-4-10-22/h5-8,11H,2-4,9-10H2,1H3. The number of piperidine rings is 1. The average Bonchev–Trinajstić information content (AvgIpc) is 2.92. The highest BCUT2D eigenvalue weighted by Gasteiger charge is 2.21. The predicted molar refractivity (Wildman–Crippen MR) is 98.7 cm³/mol. The maximum absolute atomic E-state index is 6.05. The van der Waals surface area contributed by atoms with Crippen LogP contribution < -0.4 is 4.90 Å². The molecule has 23 heavy (non-hydrogen) atoms. The lowest BCUT2D eigenvalue weighted by Crippen LogP contribution is -2.30. The molecule has 0 N–H and O–H groups in total. The molecule has 1 aliphatic heterocycles. The maximum Gasteiger partial charge on any atom is 0.141 e. The van der Waals surface area contributed by atoms with E-state index in [-0.39, 0.29) is 0 Å². The third-order valence-electron chi connectivity index (χ3n) is 4.43. The first kappa shape index (κ1) is 14.9. The minimum atomic E-state index is 0.762. The van der Waals surface area contributed by atoms with Crippen molar-refractivity contribution >= 4 is 39.0 Å². The number of halogens is 1. The second kappa shape index (κ2) is 6.10. The molecule has 4 rings (SSSR count). The molecule has 0 amide bonds. The van der Waals surface area contributed by atoms with Crippen LogP contribution in [0, 0.1) is 6.92 Å². The van der Waals surface area contributed by atoms with Gasteiger partial charge in [0, 0.05) is 28.6 Å². The van der Waals surface area contributed by atoms with Crippen LogP contribution in [0.5, 0.6) is 0 Å². The molecule has 0 bridgehead atoms. The monoisotopic (exact) mass is 343 g/mol. The van der Waals surface area contributed by atoms with E-state index in [1.165, 1.54) is 40.7 Å². The van der Waals surface area contributed by atoms with Crippen molar-refractivity contribution in [3.8, 4) is 11.1 Å². The van der Waals surface area contributed by atoms with Crippen LogP contribution in [-0.4, -0.2) is 23.1 Å². The van der Waals surface area contributed by atoms with E-state index in [9.17, 15) is 0 Å². The number of anilines is 1. The molecular formula is C18H18ClN3S. The summed E-state index contributed by atoms with van der Waals surface area (Å²) >= 11 is 7.80. The van der Waals surface area contributed by atoms with Gasteiger partial charge in [-0.3, -0.25) is 0 Å². The van der Waals surface area contributed by atoms with Gasteiger partial charge in [-0.05, 0) is 43.9 Å². The van der Waals surface area contributed by atoms with Crippen molar-refractivity contribution in [2.75, 3.05) is 18.0 Å². The minimum Gasteiger partial charge on any atom is -0.356 e. The summed E-state index contributed by atoms with van der Waals surface area (Å²) in [6, 6.07) is 8.07. The molecule has 2 aromatic heterocycles. The zero-order valence-electron chi connectivity index (χ0n) is 13.1. The van der Waals surface area contributed by atoms with Crippen molar-refractivity contribution in [3.05, 3.63) is 40.5 Å². The Balaban J connectivity index is 1.92. The quantitative estimate of drug-likeness (QED) is 0.631. The van der Waals surface area contributed by atoms with Gasteiger partial charge in [0.05, 0.1) is 5.39 Å². The number of thiophene rings is 1. The normalized spacial score (nSPS) is 15.3. The summed E-state index contributed by atoms with van der Waals surface area (Å²) in [6.07, 6.45) is 5.50. The van der Waals surface area contributed by atoms with Gasteiger partial charge < -0.3 is 4.90 Å². The molecule has 3 aromatic rings. The summed E-state index contributed by atoms with van der Waals surface area (Å²) in [5.41, 5.74) is 2.44. The molecular weight excluding hydrogens is 326 g/mol. The van der Waals surface area contributed by atoms with Crippen LogP contribution in [0.4, 0.5) is 5.82 Å². The Labute approximate surface area is 144 Å². The second-order valence-electron chi connectivity index (χ2n) is 5.97. The number of hydrogen-bond donors (Lipinski definition) is 0. The molecule has 3 heterocycles. The van der Waals surface area contributed by atoms with Gasteiger partial charge >= 0.3 is 0 Å². The van der Waals surface area contributed by atoms with E-state index in [2.05, 4.69) is 33.9 Å². The lowest BCUT2D eigenvalue weighted by molar-refractivity contribution is 0.574. The molecule has 0 unspecified atom stereocenters. The van der Waals surface area contributed by atoms with E-state index in [4.69, 9.17) is 11.6 Å². The van der Waals surface area contributed by atoms with Crippen LogP contribution in [0.1, 0.15) is 24.1 Å². The SMILES string of the molecule is Cc1sc2ncnc(N3CCCCC3)c2c1-c1ccc(Cl)cc1. The Morgan fingerprint density at radius 1 is 1.04 bits per heavy atom. The van der Waals surface area contributed by atoms with Crippen LogP contribution in [0.15, 0.2) is 30.6 Å². The number of rotatable bonds is 2. The maximum atomic E-state index is 6.05. The van der Waals surface area contributed by atoms with Gasteiger partial charge in [-0.25, -0.2) is 9.97 Å². The van der Waals surface area contributed by atoms with Crippen LogP contribution in [-0.2, 0) is 0 Å². The van der Waals surface area contributed by atoms with E-state index >= 15 is 0 Å². The summed E-state index contributed by atoms with van der Waals surface area (Å²) in [4.78, 5) is 13.9. The van der Waals surface area contributed by atoms with Crippen molar-refractivity contribution in [2.45, 2.75) is 26.2 Å². The highest BCUT2D eigenvalue weighted by Crippen LogP contribution is 2.41. The van der Waals surface area contributed by atoms with Gasteiger partial charge in [-0.1, -0.05) is 23.7 Å². The molecule has 0 spiro atoms. The highest BCUT2D eigenvalue weighted by molar-refractivity contribution is 7.19. The molecule has 1 aromatic carbocycles. The third kappa shape index (κ3) is 2.70. The first-order valence-electron chi connectivity index (χ1n) is 7.99. The minimum absolute atomic E-state index is 0.762. The van der Waals surface area contributed by atoms with Gasteiger partial charge in [0.1, 0.15) is 17.0 Å². The second-order valence-corrected chi connectivity index (χ2v) is 7.60. The molecule has 0 saturated carbocycles. The van der Waals surface area contributed by atoms with Crippen LogP contribution in [0.3, 0.4) is 0 Å². The summed E-state index contributed by atoms with van der Waals surface area (Å²) in [5.74, 6) is 1.09. The Bertz CT molecular complexity index is 835. The van der Waals surface area contributed by atoms with Crippen LogP contribution in [0.2, 0.25) is 5.02 Å². The van der Waals surface area contributed by atoms with E-state index in [1.807, 2.05) is 12.1 Å². The number of aromatic nitrogens is 2. The van der Waals surface area contributed by atoms with Gasteiger partial charge in [0.2, 0.25) is 0 Å². The Morgan fingerprint density at radius 2 is 1.78 bits per heavy atom. The van der Waals surface area contributed by atoms with E-state index < -0.39 is 0 Å². The zero-order chi connectivity index (χ0) is 15.8. The van der Waals surface area contributed by atoms with Crippen LogP contribution >= 0.6 is 22.9 Å². The molecule has 0 radical (unpaired) electrons. The topological polar surface area (TPSA) is 29.0 Å². The van der Waals surface area contributed by atoms with Gasteiger partial charge in [0.15, 0.2) is 0 Å². The molecule has 1 saturated heterocycles. The summed E-state index contributed by atoms with van der Waals surface area (Å²) in [5, 5.41) is 1.96. The first-order valence-corrected chi connectivity index (χ1v) is 9.18. The number of fused-ring (bicyclic) bond motifs is 1. The molecule has 3 nitrogen and oxygen atoms in total. The molecule has 0 atom stereocenters. The Morgan fingerprint density at radius 3 is 2.52 bits per heavy atom. The summed E-state index contributed by atoms with van der Waals surface area (Å²) < 4.78 is 0. The average molecular weight is 344 g/mol. The molecule has 5 heteroatoms. The largest absolute Gasteiger partial charge is 0.356 e. The lowest BCUT2D eigenvalue weighted by atomic mass is 10.0. The third-order valence-corrected chi connectivity index (χ3v) is 5.70. The van der Waals surface area contributed by atoms with Crippen molar-refractivity contribution in [1.82, 2.24) is 9.97 Å². The number of hydrogen-bond acceptors (Lipinski definition) is 4. The fourth-order valence-corrected chi connectivity index (χ4v) is 4.47. The fourth-order valence-electron chi connectivity index (χ4n) is 3.34. The Kier molecular flexibility index (Phi) is 3.95. The first-order chi connectivity index (χ1) is 11.2. The van der Waals surface area contributed by atoms with E-state index in [1.54, 1.807) is 17.7 Å². The van der Waals surface area contributed by atoms with Gasteiger partial charge in [-0.15, -0.1) is 11.3 Å². The predicted octanol–water partition coefficient (Wildman–Crippen LogP) is 5.31. The van der Waals surface area contributed by atoms with Gasteiger partial charge in [0.25, 0.3) is 0 Å². The van der Waals surface area contributed by atoms with Crippen molar-refractivity contribution in [2.24, 2.45) is 0 Å². The van der Waals surface area contributed by atoms with Crippen molar-refractivity contribution < 1.29 is 0 Å². The number of benzene rings is 1. The summed E-state index contributed by atoms with van der Waals surface area (Å²) in [6.45, 7) is 4.33. The Hall–Kier alpha value is -1.65. The summed E-state index contributed by atoms with van der Waals surface area (Å²) in [7, 11) is 0. The lowest BCUT2D eigenvalue weighted by Gasteiger charge is -2.28. The molecule has 1 fully saturated rings. The molecule has 118 valence electrons. The van der Waals surface area contributed by atoms with Crippen molar-refractivity contribution in [1.29, 1.82) is 0 Å². The number of nitrogens with zero attached hydrogens (tertiary/aromatic N) is 3. The van der Waals surface area contributed by atoms with E-state index in [0.717, 1.165) is 28.8 Å². The highest BCUT2D eigenvalue weighted by atomic mass is 35.5. The van der Waals surface area contributed by atoms with E-state index in [0.29, 0.717) is 0 Å².